The molecule has 1 amide bonds. The molecule has 0 aromatic carbocycles. The fourth-order valence-electron chi connectivity index (χ4n) is 0.905. The van der Waals surface area contributed by atoms with Gasteiger partial charge in [0, 0.05) is 0 Å². The van der Waals surface area contributed by atoms with Gasteiger partial charge in [0.1, 0.15) is 0 Å². The van der Waals surface area contributed by atoms with E-state index >= 15 is 0 Å². The highest BCUT2D eigenvalue weighted by atomic mass is 32.1. The van der Waals surface area contributed by atoms with Gasteiger partial charge in [-0.2, -0.15) is 11.3 Å². The van der Waals surface area contributed by atoms with Crippen molar-refractivity contribution in [2.45, 2.75) is 13.0 Å². The smallest absolute Gasteiger partial charge is 0.234 e. The van der Waals surface area contributed by atoms with Crippen LogP contribution in [0, 0.1) is 0 Å². The Balaban J connectivity index is 2.49. The Morgan fingerprint density at radius 2 is 2.58 bits per heavy atom. The number of hydrogen-bond acceptors (Lipinski definition) is 3. The van der Waals surface area contributed by atoms with Crippen LogP contribution in [0.25, 0.3) is 0 Å². The van der Waals surface area contributed by atoms with Crippen LogP contribution in [0.15, 0.2) is 16.8 Å². The number of thiophene rings is 1. The molecule has 0 aliphatic rings. The first kappa shape index (κ1) is 9.22. The largest absolute Gasteiger partial charge is 0.348 e. The number of carbonyl (C=O) groups excluding carboxylic acids is 1. The summed E-state index contributed by atoms with van der Waals surface area (Å²) in [7, 11) is 0. The maximum Gasteiger partial charge on any atom is 0.234 e. The molecule has 12 heavy (non-hydrogen) atoms. The van der Waals surface area contributed by atoms with Crippen molar-refractivity contribution in [2.24, 2.45) is 5.73 Å². The van der Waals surface area contributed by atoms with E-state index < -0.39 is 0 Å². The molecule has 66 valence electrons. The lowest BCUT2D eigenvalue weighted by Crippen LogP contribution is -2.32. The highest BCUT2D eigenvalue weighted by Crippen LogP contribution is 2.14. The van der Waals surface area contributed by atoms with Crippen molar-refractivity contribution < 1.29 is 4.79 Å². The quantitative estimate of drug-likeness (QED) is 0.732. The topological polar surface area (TPSA) is 55.1 Å². The summed E-state index contributed by atoms with van der Waals surface area (Å²) in [4.78, 5) is 10.9. The molecule has 0 radical (unpaired) electrons. The van der Waals surface area contributed by atoms with Crippen molar-refractivity contribution in [3.05, 3.63) is 22.4 Å². The van der Waals surface area contributed by atoms with Gasteiger partial charge in [-0.25, -0.2) is 0 Å². The summed E-state index contributed by atoms with van der Waals surface area (Å²) in [5.74, 6) is -0.117. The molecule has 1 unspecified atom stereocenters. The third-order valence-electron chi connectivity index (χ3n) is 1.61. The fraction of sp³-hybridized carbons (Fsp3) is 0.375. The van der Waals surface area contributed by atoms with Crippen molar-refractivity contribution in [1.82, 2.24) is 5.32 Å². The van der Waals surface area contributed by atoms with Gasteiger partial charge in [-0.1, -0.05) is 0 Å². The van der Waals surface area contributed by atoms with E-state index in [-0.39, 0.29) is 18.5 Å². The van der Waals surface area contributed by atoms with Gasteiger partial charge in [0.05, 0.1) is 12.6 Å². The molecule has 0 saturated carbocycles. The highest BCUT2D eigenvalue weighted by Gasteiger charge is 2.07. The van der Waals surface area contributed by atoms with Crippen LogP contribution in [0.1, 0.15) is 18.5 Å². The minimum atomic E-state index is -0.117. The predicted molar refractivity (Wildman–Crippen MR) is 49.9 cm³/mol. The summed E-state index contributed by atoms with van der Waals surface area (Å²) in [5.41, 5.74) is 6.29. The molecule has 0 aliphatic heterocycles. The monoisotopic (exact) mass is 184 g/mol. The summed E-state index contributed by atoms with van der Waals surface area (Å²) in [6.45, 7) is 1.99. The average molecular weight is 184 g/mol. The molecule has 1 heterocycles. The minimum Gasteiger partial charge on any atom is -0.348 e. The van der Waals surface area contributed by atoms with Gasteiger partial charge in [0.15, 0.2) is 0 Å². The second-order valence-electron chi connectivity index (χ2n) is 2.55. The predicted octanol–water partition coefficient (Wildman–Crippen LogP) is 0.884. The normalized spacial score (nSPS) is 12.5. The van der Waals surface area contributed by atoms with Gasteiger partial charge in [0.25, 0.3) is 0 Å². The summed E-state index contributed by atoms with van der Waals surface area (Å²) in [5, 5.41) is 6.78. The standard InChI is InChI=1S/C8H12N2OS/c1-6(10-8(11)4-9)7-2-3-12-5-7/h2-3,5-6H,4,9H2,1H3,(H,10,11). The average Bonchev–Trinajstić information content (AvgIpc) is 2.56. The van der Waals surface area contributed by atoms with Crippen molar-refractivity contribution >= 4 is 17.2 Å². The molecule has 0 bridgehead atoms. The minimum absolute atomic E-state index is 0.0501. The molecule has 1 aromatic heterocycles. The Bertz CT molecular complexity index is 246. The van der Waals surface area contributed by atoms with Crippen LogP contribution >= 0.6 is 11.3 Å². The van der Waals surface area contributed by atoms with E-state index in [1.165, 1.54) is 0 Å². The number of hydrogen-bond donors (Lipinski definition) is 2. The molecule has 0 spiro atoms. The Morgan fingerprint density at radius 3 is 3.08 bits per heavy atom. The van der Waals surface area contributed by atoms with Gasteiger partial charge in [-0.3, -0.25) is 4.79 Å². The van der Waals surface area contributed by atoms with Gasteiger partial charge in [0.2, 0.25) is 5.91 Å². The first-order valence-electron chi connectivity index (χ1n) is 3.75. The molecule has 3 N–H and O–H groups in total. The highest BCUT2D eigenvalue weighted by molar-refractivity contribution is 7.07. The van der Waals surface area contributed by atoms with E-state index in [4.69, 9.17) is 5.73 Å². The second kappa shape index (κ2) is 4.23. The fourth-order valence-corrected chi connectivity index (χ4v) is 1.66. The Morgan fingerprint density at radius 1 is 1.83 bits per heavy atom. The van der Waals surface area contributed by atoms with E-state index in [0.717, 1.165) is 5.56 Å². The molecule has 0 saturated heterocycles. The van der Waals surface area contributed by atoms with Crippen LogP contribution in [-0.4, -0.2) is 12.5 Å². The van der Waals surface area contributed by atoms with Crippen LogP contribution in [0.2, 0.25) is 0 Å². The van der Waals surface area contributed by atoms with Crippen LogP contribution in [-0.2, 0) is 4.79 Å². The molecule has 1 aromatic rings. The second-order valence-corrected chi connectivity index (χ2v) is 3.33. The first-order chi connectivity index (χ1) is 5.74. The summed E-state index contributed by atoms with van der Waals surface area (Å²) >= 11 is 1.62. The first-order valence-corrected chi connectivity index (χ1v) is 4.70. The Kier molecular flexibility index (Phi) is 3.25. The molecular formula is C8H12N2OS. The lowest BCUT2D eigenvalue weighted by Gasteiger charge is -2.10. The zero-order valence-electron chi connectivity index (χ0n) is 6.91. The SMILES string of the molecule is CC(NC(=O)CN)c1ccsc1. The molecule has 0 aliphatic carbocycles. The van der Waals surface area contributed by atoms with E-state index in [9.17, 15) is 4.79 Å². The number of nitrogens with two attached hydrogens (primary N) is 1. The van der Waals surface area contributed by atoms with Crippen LogP contribution in [0.5, 0.6) is 0 Å². The third-order valence-corrected chi connectivity index (χ3v) is 2.31. The number of nitrogens with one attached hydrogen (secondary N) is 1. The summed E-state index contributed by atoms with van der Waals surface area (Å²) in [6, 6.07) is 2.05. The maximum atomic E-state index is 10.9. The van der Waals surface area contributed by atoms with Gasteiger partial charge in [-0.05, 0) is 29.3 Å². The van der Waals surface area contributed by atoms with Crippen molar-refractivity contribution in [1.29, 1.82) is 0 Å². The molecule has 4 heteroatoms. The van der Waals surface area contributed by atoms with Crippen LogP contribution in [0.3, 0.4) is 0 Å². The van der Waals surface area contributed by atoms with Crippen molar-refractivity contribution in [2.75, 3.05) is 6.54 Å². The van der Waals surface area contributed by atoms with Gasteiger partial charge >= 0.3 is 0 Å². The lowest BCUT2D eigenvalue weighted by atomic mass is 10.2. The Hall–Kier alpha value is -0.870. The Labute approximate surface area is 75.6 Å². The van der Waals surface area contributed by atoms with Crippen molar-refractivity contribution in [3.63, 3.8) is 0 Å². The maximum absolute atomic E-state index is 10.9. The van der Waals surface area contributed by atoms with E-state index in [1.54, 1.807) is 11.3 Å². The van der Waals surface area contributed by atoms with Crippen LogP contribution < -0.4 is 11.1 Å². The van der Waals surface area contributed by atoms with Gasteiger partial charge in [-0.15, -0.1) is 0 Å². The van der Waals surface area contributed by atoms with E-state index in [0.29, 0.717) is 0 Å². The van der Waals surface area contributed by atoms with E-state index in [2.05, 4.69) is 5.32 Å². The van der Waals surface area contributed by atoms with E-state index in [1.807, 2.05) is 23.8 Å². The lowest BCUT2D eigenvalue weighted by molar-refractivity contribution is -0.120. The van der Waals surface area contributed by atoms with Crippen LogP contribution in [0.4, 0.5) is 0 Å². The molecule has 0 fully saturated rings. The molecular weight excluding hydrogens is 172 g/mol. The number of amides is 1. The zero-order valence-corrected chi connectivity index (χ0v) is 7.73. The summed E-state index contributed by atoms with van der Waals surface area (Å²) in [6.07, 6.45) is 0. The zero-order chi connectivity index (χ0) is 8.97. The number of carbonyl (C=O) groups is 1. The van der Waals surface area contributed by atoms with Crippen molar-refractivity contribution in [3.8, 4) is 0 Å². The third kappa shape index (κ3) is 2.32. The molecule has 1 rings (SSSR count). The van der Waals surface area contributed by atoms with Gasteiger partial charge < -0.3 is 11.1 Å². The summed E-state index contributed by atoms with van der Waals surface area (Å²) < 4.78 is 0. The number of rotatable bonds is 3. The molecule has 3 nitrogen and oxygen atoms in total. The molecule has 1 atom stereocenters.